The average Bonchev–Trinajstić information content (AvgIpc) is 2.67. The molecule has 0 bridgehead atoms. The standard InChI is InChI=1S/C11H22O3/c1-2-11(5-3-4-6-11)14-10-9-13-8-7-12/h12H,2-10H2,1H3. The van der Waals surface area contributed by atoms with Gasteiger partial charge in [-0.3, -0.25) is 0 Å². The first kappa shape index (κ1) is 12.0. The Bertz CT molecular complexity index is 141. The third-order valence-corrected chi connectivity index (χ3v) is 3.03. The lowest BCUT2D eigenvalue weighted by atomic mass is 9.99. The van der Waals surface area contributed by atoms with Gasteiger partial charge in [-0.2, -0.15) is 0 Å². The van der Waals surface area contributed by atoms with Gasteiger partial charge < -0.3 is 14.6 Å². The van der Waals surface area contributed by atoms with Gasteiger partial charge >= 0.3 is 0 Å². The molecule has 0 radical (unpaired) electrons. The molecule has 1 fully saturated rings. The quantitative estimate of drug-likeness (QED) is 0.639. The van der Waals surface area contributed by atoms with Gasteiger partial charge in [-0.05, 0) is 19.3 Å². The normalized spacial score (nSPS) is 20.1. The molecule has 1 N–H and O–H groups in total. The van der Waals surface area contributed by atoms with E-state index in [4.69, 9.17) is 14.6 Å². The highest BCUT2D eigenvalue weighted by atomic mass is 16.5. The Labute approximate surface area is 86.4 Å². The molecule has 3 heteroatoms. The summed E-state index contributed by atoms with van der Waals surface area (Å²) in [7, 11) is 0. The predicted molar refractivity (Wildman–Crippen MR) is 55.3 cm³/mol. The van der Waals surface area contributed by atoms with Gasteiger partial charge in [0.1, 0.15) is 0 Å². The summed E-state index contributed by atoms with van der Waals surface area (Å²) in [5.41, 5.74) is 0.141. The van der Waals surface area contributed by atoms with E-state index in [9.17, 15) is 0 Å². The first-order valence-corrected chi connectivity index (χ1v) is 5.65. The molecule has 0 heterocycles. The van der Waals surface area contributed by atoms with Crippen LogP contribution in [0.15, 0.2) is 0 Å². The van der Waals surface area contributed by atoms with Crippen molar-refractivity contribution < 1.29 is 14.6 Å². The van der Waals surface area contributed by atoms with Crippen molar-refractivity contribution in [2.45, 2.75) is 44.6 Å². The van der Waals surface area contributed by atoms with Crippen molar-refractivity contribution in [2.24, 2.45) is 0 Å². The van der Waals surface area contributed by atoms with E-state index in [2.05, 4.69) is 6.92 Å². The van der Waals surface area contributed by atoms with E-state index >= 15 is 0 Å². The summed E-state index contributed by atoms with van der Waals surface area (Å²) in [4.78, 5) is 0. The van der Waals surface area contributed by atoms with Crippen LogP contribution in [0.2, 0.25) is 0 Å². The minimum absolute atomic E-state index is 0.0962. The maximum absolute atomic E-state index is 8.51. The summed E-state index contributed by atoms with van der Waals surface area (Å²) >= 11 is 0. The maximum Gasteiger partial charge on any atom is 0.0708 e. The van der Waals surface area contributed by atoms with Gasteiger partial charge in [-0.15, -0.1) is 0 Å². The molecule has 0 aromatic rings. The molecule has 0 aromatic heterocycles. The van der Waals surface area contributed by atoms with Crippen LogP contribution in [0.25, 0.3) is 0 Å². The van der Waals surface area contributed by atoms with Crippen molar-refractivity contribution in [3.05, 3.63) is 0 Å². The van der Waals surface area contributed by atoms with Crippen LogP contribution in [0.1, 0.15) is 39.0 Å². The van der Waals surface area contributed by atoms with Gasteiger partial charge in [0.2, 0.25) is 0 Å². The van der Waals surface area contributed by atoms with Crippen LogP contribution in [0.3, 0.4) is 0 Å². The van der Waals surface area contributed by atoms with E-state index in [0.717, 1.165) is 6.42 Å². The third kappa shape index (κ3) is 3.56. The van der Waals surface area contributed by atoms with Gasteiger partial charge in [-0.25, -0.2) is 0 Å². The molecular weight excluding hydrogens is 180 g/mol. The molecule has 0 aromatic carbocycles. The maximum atomic E-state index is 8.51. The zero-order valence-corrected chi connectivity index (χ0v) is 9.13. The Hall–Kier alpha value is -0.120. The van der Waals surface area contributed by atoms with E-state index < -0.39 is 0 Å². The summed E-state index contributed by atoms with van der Waals surface area (Å²) in [5.74, 6) is 0. The fourth-order valence-electron chi connectivity index (χ4n) is 2.10. The fourth-order valence-corrected chi connectivity index (χ4v) is 2.10. The molecule has 0 aliphatic heterocycles. The highest BCUT2D eigenvalue weighted by Gasteiger charge is 2.32. The first-order chi connectivity index (χ1) is 6.83. The molecule has 1 saturated carbocycles. The van der Waals surface area contributed by atoms with Gasteiger partial charge in [0, 0.05) is 0 Å². The summed E-state index contributed by atoms with van der Waals surface area (Å²) in [6.45, 7) is 3.97. The third-order valence-electron chi connectivity index (χ3n) is 3.03. The molecule has 14 heavy (non-hydrogen) atoms. The van der Waals surface area contributed by atoms with Gasteiger partial charge in [-0.1, -0.05) is 19.8 Å². The van der Waals surface area contributed by atoms with E-state index in [-0.39, 0.29) is 12.2 Å². The van der Waals surface area contributed by atoms with E-state index in [1.54, 1.807) is 0 Å². The topological polar surface area (TPSA) is 38.7 Å². The predicted octanol–water partition coefficient (Wildman–Crippen LogP) is 1.73. The second-order valence-electron chi connectivity index (χ2n) is 3.93. The fraction of sp³-hybridized carbons (Fsp3) is 1.00. The number of aliphatic hydroxyl groups is 1. The zero-order valence-electron chi connectivity index (χ0n) is 9.13. The van der Waals surface area contributed by atoms with E-state index in [1.807, 2.05) is 0 Å². The summed E-state index contributed by atoms with van der Waals surface area (Å²) < 4.78 is 11.0. The lowest BCUT2D eigenvalue weighted by Crippen LogP contribution is -2.29. The molecule has 1 aliphatic rings. The molecule has 84 valence electrons. The largest absolute Gasteiger partial charge is 0.394 e. The zero-order chi connectivity index (χ0) is 10.3. The van der Waals surface area contributed by atoms with Crippen LogP contribution in [-0.2, 0) is 9.47 Å². The van der Waals surface area contributed by atoms with Crippen molar-refractivity contribution in [3.8, 4) is 0 Å². The lowest BCUT2D eigenvalue weighted by Gasteiger charge is -2.27. The number of ether oxygens (including phenoxy) is 2. The van der Waals surface area contributed by atoms with E-state index in [1.165, 1.54) is 25.7 Å². The van der Waals surface area contributed by atoms with Crippen LogP contribution >= 0.6 is 0 Å². The number of rotatable bonds is 7. The smallest absolute Gasteiger partial charge is 0.0708 e. The van der Waals surface area contributed by atoms with Crippen molar-refractivity contribution in [2.75, 3.05) is 26.4 Å². The van der Waals surface area contributed by atoms with Gasteiger partial charge in [0.25, 0.3) is 0 Å². The molecule has 0 amide bonds. The van der Waals surface area contributed by atoms with E-state index in [0.29, 0.717) is 19.8 Å². The summed E-state index contributed by atoms with van der Waals surface area (Å²) in [5, 5.41) is 8.51. The minimum atomic E-state index is 0.0962. The number of hydrogen-bond donors (Lipinski definition) is 1. The highest BCUT2D eigenvalue weighted by Crippen LogP contribution is 2.35. The Kier molecular flexibility index (Phi) is 5.45. The Balaban J connectivity index is 2.08. The molecule has 0 atom stereocenters. The lowest BCUT2D eigenvalue weighted by molar-refractivity contribution is -0.0681. The van der Waals surface area contributed by atoms with Crippen LogP contribution in [0.5, 0.6) is 0 Å². The molecule has 1 rings (SSSR count). The molecule has 0 saturated heterocycles. The number of hydrogen-bond acceptors (Lipinski definition) is 3. The molecule has 0 unspecified atom stereocenters. The van der Waals surface area contributed by atoms with Crippen LogP contribution in [0, 0.1) is 0 Å². The Morgan fingerprint density at radius 3 is 2.43 bits per heavy atom. The molecule has 1 aliphatic carbocycles. The Morgan fingerprint density at radius 1 is 1.14 bits per heavy atom. The van der Waals surface area contributed by atoms with Crippen molar-refractivity contribution in [3.63, 3.8) is 0 Å². The Morgan fingerprint density at radius 2 is 1.86 bits per heavy atom. The first-order valence-electron chi connectivity index (χ1n) is 5.65. The van der Waals surface area contributed by atoms with Gasteiger partial charge in [0.05, 0.1) is 32.0 Å². The van der Waals surface area contributed by atoms with Crippen molar-refractivity contribution in [1.82, 2.24) is 0 Å². The van der Waals surface area contributed by atoms with Gasteiger partial charge in [0.15, 0.2) is 0 Å². The number of aliphatic hydroxyl groups excluding tert-OH is 1. The highest BCUT2D eigenvalue weighted by molar-refractivity contribution is 4.84. The summed E-state index contributed by atoms with van der Waals surface area (Å²) in [6.07, 6.45) is 6.09. The second kappa shape index (κ2) is 6.38. The molecule has 0 spiro atoms. The van der Waals surface area contributed by atoms with Crippen molar-refractivity contribution >= 4 is 0 Å². The second-order valence-corrected chi connectivity index (χ2v) is 3.93. The van der Waals surface area contributed by atoms with Crippen LogP contribution in [0.4, 0.5) is 0 Å². The van der Waals surface area contributed by atoms with Crippen LogP contribution < -0.4 is 0 Å². The van der Waals surface area contributed by atoms with Crippen molar-refractivity contribution in [1.29, 1.82) is 0 Å². The molecule has 3 nitrogen and oxygen atoms in total. The average molecular weight is 202 g/mol. The molecular formula is C11H22O3. The van der Waals surface area contributed by atoms with Crippen LogP contribution in [-0.4, -0.2) is 37.1 Å². The minimum Gasteiger partial charge on any atom is -0.394 e. The monoisotopic (exact) mass is 202 g/mol. The SMILES string of the molecule is CCC1(OCCOCCO)CCCC1. The summed E-state index contributed by atoms with van der Waals surface area (Å²) in [6, 6.07) is 0.